The summed E-state index contributed by atoms with van der Waals surface area (Å²) in [6.07, 6.45) is 1.88. The van der Waals surface area contributed by atoms with Crippen LogP contribution in [0.4, 0.5) is 0 Å². The topological polar surface area (TPSA) is 17.1 Å². The average Bonchev–Trinajstić information content (AvgIpc) is 2.70. The molecule has 0 spiro atoms. The van der Waals surface area contributed by atoms with Crippen molar-refractivity contribution in [1.82, 2.24) is 0 Å². The number of rotatable bonds is 5. The molecular weight excluding hydrogens is 470 g/mol. The molecule has 0 saturated heterocycles. The third kappa shape index (κ3) is 3.90. The first-order valence-corrected chi connectivity index (χ1v) is 11.4. The van der Waals surface area contributed by atoms with E-state index in [9.17, 15) is 4.79 Å². The van der Waals surface area contributed by atoms with Crippen molar-refractivity contribution >= 4 is 40.1 Å². The number of carbonyl (C=O) groups excluding carboxylic acids is 1. The van der Waals surface area contributed by atoms with Crippen LogP contribution in [0.15, 0.2) is 91.0 Å². The van der Waals surface area contributed by atoms with Crippen LogP contribution in [0.25, 0.3) is 0 Å². The van der Waals surface area contributed by atoms with Crippen LogP contribution in [-0.2, 0) is 4.79 Å². The Morgan fingerprint density at radius 1 is 0.731 bits per heavy atom. The summed E-state index contributed by atoms with van der Waals surface area (Å²) in [6, 6.07) is 31.6. The molecule has 3 aromatic carbocycles. The summed E-state index contributed by atoms with van der Waals surface area (Å²) >= 11 is 1.33. The fourth-order valence-electron chi connectivity index (χ4n) is 3.44. The van der Waals surface area contributed by atoms with Crippen LogP contribution in [0.3, 0.4) is 0 Å². The number of thioether (sulfide) groups is 1. The molecule has 4 heteroatoms. The number of carbonyl (C=O) groups is 1. The second-order valence-corrected chi connectivity index (χ2v) is 10.5. The molecule has 3 aromatic rings. The van der Waals surface area contributed by atoms with Crippen molar-refractivity contribution in [2.24, 2.45) is 0 Å². The lowest BCUT2D eigenvalue weighted by Crippen LogP contribution is -3.00. The van der Waals surface area contributed by atoms with Crippen molar-refractivity contribution in [3.63, 3.8) is 0 Å². The fraction of sp³-hybridized carbons (Fsp3) is 0.136. The summed E-state index contributed by atoms with van der Waals surface area (Å²) in [5.41, 5.74) is -0.0882. The highest BCUT2D eigenvalue weighted by Gasteiger charge is 2.52. The molecule has 1 unspecified atom stereocenters. The summed E-state index contributed by atoms with van der Waals surface area (Å²) < 4.78 is 0. The van der Waals surface area contributed by atoms with Gasteiger partial charge in [-0.25, -0.2) is 0 Å². The van der Waals surface area contributed by atoms with E-state index in [1.807, 2.05) is 24.5 Å². The summed E-state index contributed by atoms with van der Waals surface area (Å²) in [5.74, 6) is 0. The van der Waals surface area contributed by atoms with Crippen molar-refractivity contribution in [3.05, 3.63) is 91.0 Å². The Morgan fingerprint density at radius 2 is 1.04 bits per heavy atom. The highest BCUT2D eigenvalue weighted by Crippen LogP contribution is 2.60. The summed E-state index contributed by atoms with van der Waals surface area (Å²) in [6.45, 7) is 2.10. The van der Waals surface area contributed by atoms with E-state index in [4.69, 9.17) is 0 Å². The van der Waals surface area contributed by atoms with Crippen molar-refractivity contribution in [1.29, 1.82) is 0 Å². The van der Waals surface area contributed by atoms with Gasteiger partial charge in [0, 0.05) is 0 Å². The molecule has 0 aromatic heterocycles. The lowest BCUT2D eigenvalue weighted by atomic mass is 10.3. The van der Waals surface area contributed by atoms with Crippen LogP contribution in [0.5, 0.6) is 0 Å². The van der Waals surface area contributed by atoms with Gasteiger partial charge in [0.2, 0.25) is 5.12 Å². The summed E-state index contributed by atoms with van der Waals surface area (Å²) in [7, 11) is -2.09. The minimum absolute atomic E-state index is 0. The molecule has 0 aliphatic carbocycles. The zero-order valence-electron chi connectivity index (χ0n) is 14.9. The number of benzene rings is 3. The fourth-order valence-corrected chi connectivity index (χ4v) is 9.05. The number of hydrogen-bond donors (Lipinski definition) is 0. The van der Waals surface area contributed by atoms with E-state index in [0.29, 0.717) is 0 Å². The second kappa shape index (κ2) is 9.68. The number of hydrogen-bond acceptors (Lipinski definition) is 2. The van der Waals surface area contributed by atoms with E-state index in [1.54, 1.807) is 0 Å². The Bertz CT molecular complexity index is 728. The van der Waals surface area contributed by atoms with Crippen molar-refractivity contribution in [3.8, 4) is 0 Å². The van der Waals surface area contributed by atoms with Gasteiger partial charge in [0.15, 0.2) is 0 Å². The Labute approximate surface area is 178 Å². The van der Waals surface area contributed by atoms with Gasteiger partial charge in [-0.2, -0.15) is 0 Å². The molecule has 134 valence electrons. The van der Waals surface area contributed by atoms with E-state index < -0.39 is 7.26 Å². The molecular formula is C22H22IOPS. The second-order valence-electron chi connectivity index (χ2n) is 5.93. The van der Waals surface area contributed by atoms with Gasteiger partial charge in [-0.05, 0) is 49.6 Å². The van der Waals surface area contributed by atoms with E-state index in [1.165, 1.54) is 27.7 Å². The molecule has 0 bridgehead atoms. The van der Waals surface area contributed by atoms with Gasteiger partial charge < -0.3 is 24.0 Å². The van der Waals surface area contributed by atoms with E-state index >= 15 is 0 Å². The third-order valence-electron chi connectivity index (χ3n) is 4.61. The van der Waals surface area contributed by atoms with Gasteiger partial charge >= 0.3 is 0 Å². The van der Waals surface area contributed by atoms with Gasteiger partial charge in [-0.1, -0.05) is 66.4 Å². The van der Waals surface area contributed by atoms with Gasteiger partial charge in [0.25, 0.3) is 0 Å². The van der Waals surface area contributed by atoms with Gasteiger partial charge in [-0.15, -0.1) is 0 Å². The third-order valence-corrected chi connectivity index (χ3v) is 10.3. The molecule has 26 heavy (non-hydrogen) atoms. The lowest BCUT2D eigenvalue weighted by molar-refractivity contribution is -0.110. The van der Waals surface area contributed by atoms with Crippen LogP contribution in [-0.4, -0.2) is 17.0 Å². The molecule has 0 heterocycles. The van der Waals surface area contributed by atoms with E-state index in [-0.39, 0.29) is 34.8 Å². The van der Waals surface area contributed by atoms with E-state index in [0.717, 1.165) is 0 Å². The molecule has 0 amide bonds. The predicted molar refractivity (Wildman–Crippen MR) is 113 cm³/mol. The SMILES string of the molecule is CSC(=O)C(C)[P+](c1ccccc1)(c1ccccc1)c1ccccc1.[I-]. The smallest absolute Gasteiger partial charge is 0.229 e. The molecule has 0 aliphatic rings. The first-order valence-electron chi connectivity index (χ1n) is 8.34. The first-order chi connectivity index (χ1) is 12.2. The van der Waals surface area contributed by atoms with Crippen LogP contribution in [0, 0.1) is 0 Å². The molecule has 0 aliphatic heterocycles. The lowest BCUT2D eigenvalue weighted by Gasteiger charge is -2.31. The largest absolute Gasteiger partial charge is 1.00 e. The Hall–Kier alpha value is -1.16. The molecule has 0 radical (unpaired) electrons. The Kier molecular flexibility index (Phi) is 7.87. The quantitative estimate of drug-likeness (QED) is 0.395. The minimum Gasteiger partial charge on any atom is -1.00 e. The molecule has 0 fully saturated rings. The molecule has 0 N–H and O–H groups in total. The van der Waals surface area contributed by atoms with E-state index in [2.05, 4.69) is 79.7 Å². The monoisotopic (exact) mass is 492 g/mol. The molecule has 0 saturated carbocycles. The minimum atomic E-state index is -2.09. The summed E-state index contributed by atoms with van der Waals surface area (Å²) in [4.78, 5) is 12.9. The van der Waals surface area contributed by atoms with Crippen LogP contribution in [0.2, 0.25) is 0 Å². The first kappa shape index (κ1) is 21.1. The van der Waals surface area contributed by atoms with Crippen molar-refractivity contribution < 1.29 is 28.8 Å². The normalized spacial score (nSPS) is 12.1. The predicted octanol–water partition coefficient (Wildman–Crippen LogP) is 1.26. The van der Waals surface area contributed by atoms with Gasteiger partial charge in [0.1, 0.15) is 28.8 Å². The summed E-state index contributed by atoms with van der Waals surface area (Å²) in [5, 5.41) is 4.00. The maximum atomic E-state index is 12.9. The van der Waals surface area contributed by atoms with Crippen LogP contribution in [0.1, 0.15) is 6.92 Å². The van der Waals surface area contributed by atoms with Crippen LogP contribution < -0.4 is 39.9 Å². The molecule has 3 rings (SSSR count). The number of halogens is 1. The standard InChI is InChI=1S/C22H22OPS.HI/c1-18(22(23)25-2)24(19-12-6-3-7-13-19,20-14-8-4-9-15-20)21-16-10-5-11-17-21;/h3-18H,1-2H3;1H/q+1;/p-1. The maximum Gasteiger partial charge on any atom is 0.229 e. The highest BCUT2D eigenvalue weighted by molar-refractivity contribution is 8.14. The van der Waals surface area contributed by atoms with Gasteiger partial charge in [-0.3, -0.25) is 4.79 Å². The Balaban J connectivity index is 0.00000243. The average molecular weight is 492 g/mol. The Morgan fingerprint density at radius 3 is 1.31 bits per heavy atom. The highest BCUT2D eigenvalue weighted by atomic mass is 127. The molecule has 1 nitrogen and oxygen atoms in total. The van der Waals surface area contributed by atoms with Crippen LogP contribution >= 0.6 is 19.0 Å². The van der Waals surface area contributed by atoms with Gasteiger partial charge in [0.05, 0.1) is 0 Å². The zero-order valence-corrected chi connectivity index (χ0v) is 18.7. The van der Waals surface area contributed by atoms with Crippen molar-refractivity contribution in [2.75, 3.05) is 6.26 Å². The zero-order chi connectivity index (χ0) is 17.7. The molecule has 1 atom stereocenters. The van der Waals surface area contributed by atoms with Crippen molar-refractivity contribution in [2.45, 2.75) is 12.6 Å². The maximum absolute atomic E-state index is 12.9.